The van der Waals surface area contributed by atoms with E-state index in [-0.39, 0.29) is 35.5 Å². The SMILES string of the molecule is CC.CCC(=O)C1CC(NC(=O)CCOCCOCCNC(=O)C(C)C)C1. The highest BCUT2D eigenvalue weighted by atomic mass is 16.5. The Morgan fingerprint density at radius 2 is 1.59 bits per heavy atom. The molecule has 0 bridgehead atoms. The van der Waals surface area contributed by atoms with Crippen molar-refractivity contribution in [2.75, 3.05) is 33.0 Å². The Labute approximate surface area is 163 Å². The number of ether oxygens (including phenoxy) is 2. The molecule has 1 fully saturated rings. The lowest BCUT2D eigenvalue weighted by atomic mass is 9.77. The number of hydrogen-bond acceptors (Lipinski definition) is 5. The van der Waals surface area contributed by atoms with E-state index in [1.807, 2.05) is 34.6 Å². The van der Waals surface area contributed by atoms with Crippen molar-refractivity contribution >= 4 is 17.6 Å². The normalized spacial score (nSPS) is 18.1. The highest BCUT2D eigenvalue weighted by Crippen LogP contribution is 2.29. The molecule has 1 aliphatic carbocycles. The largest absolute Gasteiger partial charge is 0.379 e. The van der Waals surface area contributed by atoms with Gasteiger partial charge in [0.15, 0.2) is 0 Å². The van der Waals surface area contributed by atoms with Crippen LogP contribution in [0.25, 0.3) is 0 Å². The van der Waals surface area contributed by atoms with Crippen molar-refractivity contribution in [2.24, 2.45) is 11.8 Å². The summed E-state index contributed by atoms with van der Waals surface area (Å²) in [4.78, 5) is 34.5. The maximum Gasteiger partial charge on any atom is 0.222 e. The number of ketones is 1. The second-order valence-electron chi connectivity index (χ2n) is 6.67. The fraction of sp³-hybridized carbons (Fsp3) is 0.850. The summed E-state index contributed by atoms with van der Waals surface area (Å²) in [5.74, 6) is 0.381. The molecular weight excluding hydrogens is 348 g/mol. The van der Waals surface area contributed by atoms with E-state index in [4.69, 9.17) is 9.47 Å². The quantitative estimate of drug-likeness (QED) is 0.473. The highest BCUT2D eigenvalue weighted by Gasteiger charge is 2.33. The van der Waals surface area contributed by atoms with Crippen molar-refractivity contribution in [3.05, 3.63) is 0 Å². The van der Waals surface area contributed by atoms with Crippen LogP contribution in [0.5, 0.6) is 0 Å². The number of carbonyl (C=O) groups is 3. The third-order valence-electron chi connectivity index (χ3n) is 4.22. The van der Waals surface area contributed by atoms with Crippen molar-refractivity contribution in [1.29, 1.82) is 0 Å². The number of hydrogen-bond donors (Lipinski definition) is 2. The van der Waals surface area contributed by atoms with Crippen molar-refractivity contribution in [2.45, 2.75) is 66.3 Å². The summed E-state index contributed by atoms with van der Waals surface area (Å²) in [6, 6.07) is 0.136. The fourth-order valence-electron chi connectivity index (χ4n) is 2.52. The maximum absolute atomic E-state index is 11.7. The van der Waals surface area contributed by atoms with E-state index in [0.717, 1.165) is 12.8 Å². The first kappa shape index (κ1) is 25.5. The molecule has 0 aromatic carbocycles. The van der Waals surface area contributed by atoms with Gasteiger partial charge in [-0.3, -0.25) is 14.4 Å². The molecule has 2 amide bonds. The molecule has 0 heterocycles. The van der Waals surface area contributed by atoms with Gasteiger partial charge in [0.25, 0.3) is 0 Å². The molecule has 0 saturated heterocycles. The molecule has 0 aliphatic heterocycles. The maximum atomic E-state index is 11.7. The second kappa shape index (κ2) is 15.6. The number of rotatable bonds is 13. The van der Waals surface area contributed by atoms with Crippen LogP contribution in [0.4, 0.5) is 0 Å². The van der Waals surface area contributed by atoms with E-state index < -0.39 is 0 Å². The number of amides is 2. The van der Waals surface area contributed by atoms with E-state index in [9.17, 15) is 14.4 Å². The third kappa shape index (κ3) is 11.8. The van der Waals surface area contributed by atoms with E-state index in [2.05, 4.69) is 10.6 Å². The Balaban J connectivity index is 0.00000326. The summed E-state index contributed by atoms with van der Waals surface area (Å²) in [6.45, 7) is 11.7. The summed E-state index contributed by atoms with van der Waals surface area (Å²) in [7, 11) is 0. The average Bonchev–Trinajstić information content (AvgIpc) is 2.63. The first-order valence-corrected chi connectivity index (χ1v) is 10.2. The van der Waals surface area contributed by atoms with E-state index >= 15 is 0 Å². The van der Waals surface area contributed by atoms with Gasteiger partial charge in [0.2, 0.25) is 11.8 Å². The molecule has 158 valence electrons. The van der Waals surface area contributed by atoms with Crippen LogP contribution >= 0.6 is 0 Å². The van der Waals surface area contributed by atoms with E-state index in [0.29, 0.717) is 45.8 Å². The monoisotopic (exact) mass is 386 g/mol. The summed E-state index contributed by atoms with van der Waals surface area (Å²) < 4.78 is 10.7. The summed E-state index contributed by atoms with van der Waals surface area (Å²) in [6.07, 6.45) is 2.42. The molecule has 0 aromatic rings. The van der Waals surface area contributed by atoms with E-state index in [1.165, 1.54) is 0 Å². The van der Waals surface area contributed by atoms with Gasteiger partial charge < -0.3 is 20.1 Å². The molecule has 1 saturated carbocycles. The Bertz CT molecular complexity index is 434. The third-order valence-corrected chi connectivity index (χ3v) is 4.22. The molecule has 7 heteroatoms. The molecule has 0 unspecified atom stereocenters. The van der Waals surface area contributed by atoms with Crippen LogP contribution in [-0.2, 0) is 23.9 Å². The lowest BCUT2D eigenvalue weighted by Crippen LogP contribution is -2.46. The molecule has 2 N–H and O–H groups in total. The van der Waals surface area contributed by atoms with Crippen molar-refractivity contribution in [3.63, 3.8) is 0 Å². The Kier molecular flexibility index (Phi) is 14.7. The van der Waals surface area contributed by atoms with Crippen LogP contribution in [0, 0.1) is 11.8 Å². The number of Topliss-reactive ketones (excluding diaryl/α,β-unsaturated/α-hetero) is 1. The van der Waals surface area contributed by atoms with Gasteiger partial charge in [-0.15, -0.1) is 0 Å². The van der Waals surface area contributed by atoms with Gasteiger partial charge in [-0.25, -0.2) is 0 Å². The molecule has 7 nitrogen and oxygen atoms in total. The number of carbonyl (C=O) groups excluding carboxylic acids is 3. The van der Waals surface area contributed by atoms with Crippen LogP contribution in [0.3, 0.4) is 0 Å². The van der Waals surface area contributed by atoms with Gasteiger partial charge in [-0.05, 0) is 12.8 Å². The summed E-state index contributed by atoms with van der Waals surface area (Å²) >= 11 is 0. The van der Waals surface area contributed by atoms with Gasteiger partial charge in [0.1, 0.15) is 5.78 Å². The van der Waals surface area contributed by atoms with Crippen LogP contribution < -0.4 is 10.6 Å². The zero-order valence-electron chi connectivity index (χ0n) is 17.6. The standard InChI is InChI=1S/C18H32N2O5.C2H6/c1-4-16(21)14-11-15(12-14)20-17(22)5-7-24-9-10-25-8-6-19-18(23)13(2)3;1-2/h13-15H,4-12H2,1-3H3,(H,19,23)(H,20,22);1-2H3. The van der Waals surface area contributed by atoms with Crippen LogP contribution in [0.1, 0.15) is 60.3 Å². The van der Waals surface area contributed by atoms with Gasteiger partial charge in [-0.1, -0.05) is 34.6 Å². The lowest BCUT2D eigenvalue weighted by molar-refractivity contribution is -0.129. The minimum Gasteiger partial charge on any atom is -0.379 e. The average molecular weight is 387 g/mol. The van der Waals surface area contributed by atoms with Crippen LogP contribution in [0.2, 0.25) is 0 Å². The second-order valence-corrected chi connectivity index (χ2v) is 6.67. The molecule has 0 atom stereocenters. The smallest absolute Gasteiger partial charge is 0.222 e. The predicted molar refractivity (Wildman–Crippen MR) is 105 cm³/mol. The fourth-order valence-corrected chi connectivity index (χ4v) is 2.52. The molecule has 1 aliphatic rings. The van der Waals surface area contributed by atoms with Crippen molar-refractivity contribution in [3.8, 4) is 0 Å². The Morgan fingerprint density at radius 1 is 1.00 bits per heavy atom. The molecule has 0 radical (unpaired) electrons. The minimum atomic E-state index is -0.0373. The van der Waals surface area contributed by atoms with Crippen LogP contribution in [-0.4, -0.2) is 56.6 Å². The lowest BCUT2D eigenvalue weighted by Gasteiger charge is -2.34. The first-order chi connectivity index (χ1) is 12.9. The summed E-state index contributed by atoms with van der Waals surface area (Å²) in [5, 5.41) is 5.68. The molecule has 1 rings (SSSR count). The first-order valence-electron chi connectivity index (χ1n) is 10.2. The van der Waals surface area contributed by atoms with Gasteiger partial charge in [0, 0.05) is 37.3 Å². The summed E-state index contributed by atoms with van der Waals surface area (Å²) in [5.41, 5.74) is 0. The Morgan fingerprint density at radius 3 is 2.15 bits per heavy atom. The zero-order chi connectivity index (χ0) is 20.7. The van der Waals surface area contributed by atoms with Crippen molar-refractivity contribution < 1.29 is 23.9 Å². The van der Waals surface area contributed by atoms with Gasteiger partial charge >= 0.3 is 0 Å². The van der Waals surface area contributed by atoms with Gasteiger partial charge in [0.05, 0.1) is 26.4 Å². The molecule has 0 spiro atoms. The molecule has 27 heavy (non-hydrogen) atoms. The topological polar surface area (TPSA) is 93.7 Å². The van der Waals surface area contributed by atoms with E-state index in [1.54, 1.807) is 0 Å². The molecule has 0 aromatic heterocycles. The Hall–Kier alpha value is -1.47. The predicted octanol–water partition coefficient (Wildman–Crippen LogP) is 2.08. The molecular formula is C20H38N2O5. The van der Waals surface area contributed by atoms with Gasteiger partial charge in [-0.2, -0.15) is 0 Å². The van der Waals surface area contributed by atoms with Crippen LogP contribution in [0.15, 0.2) is 0 Å². The van der Waals surface area contributed by atoms with Crippen molar-refractivity contribution in [1.82, 2.24) is 10.6 Å². The highest BCUT2D eigenvalue weighted by molar-refractivity contribution is 5.82. The zero-order valence-corrected chi connectivity index (χ0v) is 17.6. The minimum absolute atomic E-state index is 0.0164. The number of nitrogens with one attached hydrogen (secondary N) is 2.